The van der Waals surface area contributed by atoms with E-state index in [4.69, 9.17) is 0 Å². The fraction of sp³-hybridized carbons (Fsp3) is 0.182. The lowest BCUT2D eigenvalue weighted by atomic mass is 10.2. The molecule has 0 spiro atoms. The van der Waals surface area contributed by atoms with Crippen molar-refractivity contribution in [3.63, 3.8) is 0 Å². The molecule has 0 radical (unpaired) electrons. The Morgan fingerprint density at radius 3 is 2.86 bits per heavy atom. The van der Waals surface area contributed by atoms with Crippen molar-refractivity contribution in [2.24, 2.45) is 0 Å². The standard InChI is InChI=1S/C11H13NO2/c1-3-11(14)12(4-2)9-6-5-7-10(13)8-9/h3,5-8,13H,1,4H2,2H3. The van der Waals surface area contributed by atoms with Crippen molar-refractivity contribution in [3.05, 3.63) is 36.9 Å². The number of hydrogen-bond donors (Lipinski definition) is 1. The van der Waals surface area contributed by atoms with Gasteiger partial charge in [-0.3, -0.25) is 4.79 Å². The van der Waals surface area contributed by atoms with Crippen molar-refractivity contribution in [1.82, 2.24) is 0 Å². The first-order chi connectivity index (χ1) is 6.69. The Morgan fingerprint density at radius 2 is 2.36 bits per heavy atom. The third kappa shape index (κ3) is 2.13. The van der Waals surface area contributed by atoms with Gasteiger partial charge in [-0.05, 0) is 25.1 Å². The molecular weight excluding hydrogens is 178 g/mol. The van der Waals surface area contributed by atoms with Gasteiger partial charge < -0.3 is 10.0 Å². The average molecular weight is 191 g/mol. The molecule has 0 bridgehead atoms. The quantitative estimate of drug-likeness (QED) is 0.741. The Hall–Kier alpha value is -1.77. The third-order valence-corrected chi connectivity index (χ3v) is 1.90. The van der Waals surface area contributed by atoms with E-state index in [9.17, 15) is 9.90 Å². The van der Waals surface area contributed by atoms with Gasteiger partial charge >= 0.3 is 0 Å². The van der Waals surface area contributed by atoms with Crippen LogP contribution < -0.4 is 4.90 Å². The molecule has 1 amide bonds. The Labute approximate surface area is 83.3 Å². The first kappa shape index (κ1) is 10.3. The summed E-state index contributed by atoms with van der Waals surface area (Å²) in [4.78, 5) is 12.9. The monoisotopic (exact) mass is 191 g/mol. The average Bonchev–Trinajstić information content (AvgIpc) is 2.19. The number of amides is 1. The van der Waals surface area contributed by atoms with Gasteiger partial charge in [0.2, 0.25) is 5.91 Å². The van der Waals surface area contributed by atoms with Crippen molar-refractivity contribution in [2.45, 2.75) is 6.92 Å². The molecule has 0 saturated carbocycles. The number of carbonyl (C=O) groups excluding carboxylic acids is 1. The second kappa shape index (κ2) is 4.46. The van der Waals surface area contributed by atoms with Crippen LogP contribution in [0.3, 0.4) is 0 Å². The van der Waals surface area contributed by atoms with Crippen LogP contribution >= 0.6 is 0 Å². The van der Waals surface area contributed by atoms with Crippen LogP contribution in [-0.4, -0.2) is 17.6 Å². The van der Waals surface area contributed by atoms with Gasteiger partial charge in [-0.1, -0.05) is 12.6 Å². The van der Waals surface area contributed by atoms with Crippen molar-refractivity contribution in [3.8, 4) is 5.75 Å². The zero-order chi connectivity index (χ0) is 10.6. The summed E-state index contributed by atoms with van der Waals surface area (Å²) in [5.74, 6) is -0.0177. The molecule has 74 valence electrons. The van der Waals surface area contributed by atoms with Gasteiger partial charge in [0.25, 0.3) is 0 Å². The molecule has 0 fully saturated rings. The number of rotatable bonds is 3. The molecule has 3 nitrogen and oxygen atoms in total. The lowest BCUT2D eigenvalue weighted by Crippen LogP contribution is -2.28. The van der Waals surface area contributed by atoms with E-state index >= 15 is 0 Å². The molecule has 1 rings (SSSR count). The van der Waals surface area contributed by atoms with E-state index in [1.54, 1.807) is 24.3 Å². The minimum Gasteiger partial charge on any atom is -0.508 e. The first-order valence-electron chi connectivity index (χ1n) is 4.42. The van der Waals surface area contributed by atoms with Crippen molar-refractivity contribution < 1.29 is 9.90 Å². The lowest BCUT2D eigenvalue weighted by molar-refractivity contribution is -0.114. The van der Waals surface area contributed by atoms with Crippen LogP contribution in [0.5, 0.6) is 5.75 Å². The number of benzene rings is 1. The summed E-state index contributed by atoms with van der Waals surface area (Å²) in [6.45, 7) is 5.84. The number of phenols is 1. The topological polar surface area (TPSA) is 40.5 Å². The maximum atomic E-state index is 11.4. The Morgan fingerprint density at radius 1 is 1.64 bits per heavy atom. The molecule has 14 heavy (non-hydrogen) atoms. The van der Waals surface area contributed by atoms with E-state index < -0.39 is 0 Å². The zero-order valence-electron chi connectivity index (χ0n) is 8.10. The van der Waals surface area contributed by atoms with Crippen molar-refractivity contribution in [2.75, 3.05) is 11.4 Å². The van der Waals surface area contributed by atoms with Crippen LogP contribution in [0.1, 0.15) is 6.92 Å². The van der Waals surface area contributed by atoms with Crippen LogP contribution in [0.25, 0.3) is 0 Å². The molecule has 0 aliphatic carbocycles. The number of anilines is 1. The van der Waals surface area contributed by atoms with Gasteiger partial charge in [0.1, 0.15) is 5.75 Å². The lowest BCUT2D eigenvalue weighted by Gasteiger charge is -2.19. The summed E-state index contributed by atoms with van der Waals surface area (Å²) >= 11 is 0. The molecule has 3 heteroatoms. The van der Waals surface area contributed by atoms with Crippen molar-refractivity contribution >= 4 is 11.6 Å². The van der Waals surface area contributed by atoms with Gasteiger partial charge in [0, 0.05) is 18.3 Å². The van der Waals surface area contributed by atoms with Crippen LogP contribution in [0.4, 0.5) is 5.69 Å². The minimum absolute atomic E-state index is 0.151. The van der Waals surface area contributed by atoms with Gasteiger partial charge in [-0.2, -0.15) is 0 Å². The van der Waals surface area contributed by atoms with Crippen LogP contribution in [0.2, 0.25) is 0 Å². The van der Waals surface area contributed by atoms with Gasteiger partial charge in [-0.25, -0.2) is 0 Å². The molecular formula is C11H13NO2. The molecule has 0 saturated heterocycles. The van der Waals surface area contributed by atoms with E-state index in [1.807, 2.05) is 6.92 Å². The second-order valence-electron chi connectivity index (χ2n) is 2.81. The molecule has 1 aromatic rings. The van der Waals surface area contributed by atoms with Crippen LogP contribution in [0, 0.1) is 0 Å². The van der Waals surface area contributed by atoms with Crippen LogP contribution in [-0.2, 0) is 4.79 Å². The van der Waals surface area contributed by atoms with Gasteiger partial charge in [-0.15, -0.1) is 0 Å². The normalized spacial score (nSPS) is 9.50. The Balaban J connectivity index is 3.00. The predicted octanol–water partition coefficient (Wildman–Crippen LogP) is 1.93. The number of carbonyl (C=O) groups is 1. The molecule has 1 aromatic carbocycles. The fourth-order valence-corrected chi connectivity index (χ4v) is 1.24. The van der Waals surface area contributed by atoms with Crippen LogP contribution in [0.15, 0.2) is 36.9 Å². The summed E-state index contributed by atoms with van der Waals surface area (Å²) in [5.41, 5.74) is 0.678. The highest BCUT2D eigenvalue weighted by Gasteiger charge is 2.10. The highest BCUT2D eigenvalue weighted by molar-refractivity contribution is 6.01. The van der Waals surface area contributed by atoms with Gasteiger partial charge in [0.15, 0.2) is 0 Å². The maximum Gasteiger partial charge on any atom is 0.250 e. The predicted molar refractivity (Wildman–Crippen MR) is 56.3 cm³/mol. The Kier molecular flexibility index (Phi) is 3.29. The number of phenolic OH excluding ortho intramolecular Hbond substituents is 1. The molecule has 0 atom stereocenters. The molecule has 0 heterocycles. The number of nitrogens with zero attached hydrogens (tertiary/aromatic N) is 1. The van der Waals surface area contributed by atoms with Crippen molar-refractivity contribution in [1.29, 1.82) is 0 Å². The van der Waals surface area contributed by atoms with E-state index in [2.05, 4.69) is 6.58 Å². The third-order valence-electron chi connectivity index (χ3n) is 1.90. The molecule has 1 N–H and O–H groups in total. The summed E-state index contributed by atoms with van der Waals surface area (Å²) in [6, 6.07) is 6.58. The SMILES string of the molecule is C=CC(=O)N(CC)c1cccc(O)c1. The summed E-state index contributed by atoms with van der Waals surface area (Å²) < 4.78 is 0. The fourth-order valence-electron chi connectivity index (χ4n) is 1.24. The number of aromatic hydroxyl groups is 1. The number of hydrogen-bond acceptors (Lipinski definition) is 2. The highest BCUT2D eigenvalue weighted by Crippen LogP contribution is 2.19. The van der Waals surface area contributed by atoms with E-state index in [0.29, 0.717) is 12.2 Å². The van der Waals surface area contributed by atoms with E-state index in [0.717, 1.165) is 0 Å². The Bertz CT molecular complexity index is 347. The van der Waals surface area contributed by atoms with E-state index in [-0.39, 0.29) is 11.7 Å². The largest absolute Gasteiger partial charge is 0.508 e. The first-order valence-corrected chi connectivity index (χ1v) is 4.42. The molecule has 0 aromatic heterocycles. The van der Waals surface area contributed by atoms with E-state index in [1.165, 1.54) is 11.0 Å². The summed E-state index contributed by atoms with van der Waals surface area (Å²) in [6.07, 6.45) is 1.26. The molecule has 0 aliphatic rings. The summed E-state index contributed by atoms with van der Waals surface area (Å²) in [5, 5.41) is 9.25. The highest BCUT2D eigenvalue weighted by atomic mass is 16.3. The zero-order valence-corrected chi connectivity index (χ0v) is 8.10. The van der Waals surface area contributed by atoms with Gasteiger partial charge in [0.05, 0.1) is 0 Å². The smallest absolute Gasteiger partial charge is 0.250 e. The second-order valence-corrected chi connectivity index (χ2v) is 2.81. The number of likely N-dealkylation sites (N-methyl/N-ethyl adjacent to an activating group) is 1. The molecule has 0 aliphatic heterocycles. The maximum absolute atomic E-state index is 11.4. The summed E-state index contributed by atoms with van der Waals surface area (Å²) in [7, 11) is 0. The minimum atomic E-state index is -0.168. The molecule has 0 unspecified atom stereocenters.